The van der Waals surface area contributed by atoms with Crippen molar-refractivity contribution in [3.63, 3.8) is 0 Å². The normalized spacial score (nSPS) is 13.6. The summed E-state index contributed by atoms with van der Waals surface area (Å²) in [7, 11) is 5.62. The lowest BCUT2D eigenvalue weighted by atomic mass is 10.1. The lowest BCUT2D eigenvalue weighted by molar-refractivity contribution is -0.138. The van der Waals surface area contributed by atoms with E-state index in [1.165, 1.54) is 15.9 Å². The highest BCUT2D eigenvalue weighted by Gasteiger charge is 2.31. The number of hydrogen-bond acceptors (Lipinski definition) is 8. The Morgan fingerprint density at radius 1 is 0.936 bits per heavy atom. The standard InChI is InChI=1S/C34H48N6O7/c1-5-6-10-22-47-34(46)40-20-18-39(19-21-40)33(45)27(14-15-30(41)42)36-31(43)29-24-26(32(44)38(4)17-11-16-37(2)3)23-28(35-29)25-12-8-7-9-13-25/h7-9,12-13,23-24,27H,5-6,10-11,14-22H2,1-4H3,(H,36,43)(H,41,42)/t27-/m0/s1. The van der Waals surface area contributed by atoms with E-state index in [0.29, 0.717) is 24.4 Å². The first-order valence-corrected chi connectivity index (χ1v) is 16.2. The van der Waals surface area contributed by atoms with E-state index < -0.39 is 29.9 Å². The topological polar surface area (TPSA) is 153 Å². The molecule has 1 atom stereocenters. The Morgan fingerprint density at radius 2 is 1.62 bits per heavy atom. The molecule has 1 aliphatic rings. The third-order valence-electron chi connectivity index (χ3n) is 7.89. The number of rotatable bonds is 16. The highest BCUT2D eigenvalue weighted by Crippen LogP contribution is 2.21. The van der Waals surface area contributed by atoms with E-state index in [0.717, 1.165) is 32.2 Å². The van der Waals surface area contributed by atoms with Crippen molar-refractivity contribution in [3.05, 3.63) is 53.7 Å². The van der Waals surface area contributed by atoms with Crippen LogP contribution in [-0.2, 0) is 14.3 Å². The van der Waals surface area contributed by atoms with Gasteiger partial charge in [0.15, 0.2) is 0 Å². The molecule has 1 aromatic carbocycles. The number of amides is 4. The Kier molecular flexibility index (Phi) is 14.6. The van der Waals surface area contributed by atoms with Crippen LogP contribution >= 0.6 is 0 Å². The van der Waals surface area contributed by atoms with Gasteiger partial charge in [-0.25, -0.2) is 9.78 Å². The first-order valence-electron chi connectivity index (χ1n) is 16.2. The summed E-state index contributed by atoms with van der Waals surface area (Å²) in [6.45, 7) is 4.66. The Hall–Kier alpha value is -4.52. The van der Waals surface area contributed by atoms with Crippen molar-refractivity contribution in [3.8, 4) is 11.3 Å². The summed E-state index contributed by atoms with van der Waals surface area (Å²) >= 11 is 0. The van der Waals surface area contributed by atoms with Crippen LogP contribution in [0.5, 0.6) is 0 Å². The predicted molar refractivity (Wildman–Crippen MR) is 177 cm³/mol. The molecular weight excluding hydrogens is 604 g/mol. The molecule has 0 saturated carbocycles. The number of carbonyl (C=O) groups excluding carboxylic acids is 4. The SMILES string of the molecule is CCCCCOC(=O)N1CCN(C(=O)[C@H](CCC(=O)O)NC(=O)c2cc(C(=O)N(C)CCCN(C)C)cc(-c3ccccc3)n2)CC1. The van der Waals surface area contributed by atoms with Crippen molar-refractivity contribution >= 4 is 29.8 Å². The lowest BCUT2D eigenvalue weighted by Crippen LogP contribution is -2.56. The summed E-state index contributed by atoms with van der Waals surface area (Å²) in [5.41, 5.74) is 1.31. The highest BCUT2D eigenvalue weighted by molar-refractivity contribution is 6.01. The minimum Gasteiger partial charge on any atom is -0.481 e. The molecule has 1 aromatic heterocycles. The van der Waals surface area contributed by atoms with Crippen molar-refractivity contribution in [2.75, 3.05) is 67.0 Å². The number of piperazine rings is 1. The van der Waals surface area contributed by atoms with Crippen LogP contribution in [0.15, 0.2) is 42.5 Å². The van der Waals surface area contributed by atoms with Gasteiger partial charge in [0.2, 0.25) is 5.91 Å². The van der Waals surface area contributed by atoms with Crippen LogP contribution in [0, 0.1) is 0 Å². The average molecular weight is 653 g/mol. The number of nitrogens with one attached hydrogen (secondary N) is 1. The molecule has 256 valence electrons. The molecule has 2 N–H and O–H groups in total. The summed E-state index contributed by atoms with van der Waals surface area (Å²) in [5.74, 6) is -2.54. The molecule has 0 spiro atoms. The molecule has 0 aliphatic carbocycles. The fourth-order valence-corrected chi connectivity index (χ4v) is 5.16. The maximum Gasteiger partial charge on any atom is 0.409 e. The van der Waals surface area contributed by atoms with Crippen molar-refractivity contribution in [1.29, 1.82) is 0 Å². The number of benzene rings is 1. The second-order valence-electron chi connectivity index (χ2n) is 12.0. The van der Waals surface area contributed by atoms with Crippen LogP contribution in [0.2, 0.25) is 0 Å². The lowest BCUT2D eigenvalue weighted by Gasteiger charge is -2.36. The molecule has 1 saturated heterocycles. The van der Waals surface area contributed by atoms with Crippen LogP contribution in [-0.4, -0.2) is 133 Å². The van der Waals surface area contributed by atoms with Gasteiger partial charge in [-0.05, 0) is 52.0 Å². The molecular formula is C34H48N6O7. The second-order valence-corrected chi connectivity index (χ2v) is 12.0. The Balaban J connectivity index is 1.78. The number of unbranched alkanes of at least 4 members (excludes halogenated alkanes) is 2. The summed E-state index contributed by atoms with van der Waals surface area (Å²) < 4.78 is 5.33. The summed E-state index contributed by atoms with van der Waals surface area (Å²) in [6, 6.07) is 11.0. The number of aliphatic carboxylic acids is 1. The molecule has 0 radical (unpaired) electrons. The van der Waals surface area contributed by atoms with Gasteiger partial charge in [-0.3, -0.25) is 19.2 Å². The number of pyridine rings is 1. The van der Waals surface area contributed by atoms with Crippen LogP contribution in [0.4, 0.5) is 4.79 Å². The minimum atomic E-state index is -1.15. The molecule has 2 heterocycles. The largest absolute Gasteiger partial charge is 0.481 e. The number of carbonyl (C=O) groups is 5. The van der Waals surface area contributed by atoms with E-state index in [4.69, 9.17) is 4.74 Å². The molecule has 13 heteroatoms. The first-order chi connectivity index (χ1) is 22.5. The fourth-order valence-electron chi connectivity index (χ4n) is 5.16. The zero-order chi connectivity index (χ0) is 34.3. The van der Waals surface area contributed by atoms with Gasteiger partial charge in [-0.1, -0.05) is 50.1 Å². The van der Waals surface area contributed by atoms with E-state index in [9.17, 15) is 29.1 Å². The number of nitrogens with zero attached hydrogens (tertiary/aromatic N) is 5. The molecule has 47 heavy (non-hydrogen) atoms. The van der Waals surface area contributed by atoms with Crippen LogP contribution in [0.25, 0.3) is 11.3 Å². The molecule has 3 rings (SSSR count). The fraction of sp³-hybridized carbons (Fsp3) is 0.529. The molecule has 0 bridgehead atoms. The van der Waals surface area contributed by atoms with E-state index >= 15 is 0 Å². The monoisotopic (exact) mass is 652 g/mol. The van der Waals surface area contributed by atoms with Gasteiger partial charge in [-0.2, -0.15) is 0 Å². The number of hydrogen-bond donors (Lipinski definition) is 2. The van der Waals surface area contributed by atoms with Crippen LogP contribution in [0.1, 0.15) is 66.3 Å². The van der Waals surface area contributed by atoms with Gasteiger partial charge in [0.1, 0.15) is 11.7 Å². The van der Waals surface area contributed by atoms with Gasteiger partial charge in [-0.15, -0.1) is 0 Å². The molecule has 0 unspecified atom stereocenters. The van der Waals surface area contributed by atoms with Crippen molar-refractivity contribution in [2.45, 2.75) is 51.5 Å². The van der Waals surface area contributed by atoms with Crippen molar-refractivity contribution in [1.82, 2.24) is 29.9 Å². The smallest absolute Gasteiger partial charge is 0.409 e. The van der Waals surface area contributed by atoms with E-state index in [1.807, 2.05) is 49.3 Å². The molecule has 2 aromatic rings. The Labute approximate surface area is 276 Å². The highest BCUT2D eigenvalue weighted by atomic mass is 16.6. The van der Waals surface area contributed by atoms with E-state index in [-0.39, 0.29) is 56.2 Å². The molecule has 4 amide bonds. The quantitative estimate of drug-likeness (QED) is 0.260. The van der Waals surface area contributed by atoms with Gasteiger partial charge in [0, 0.05) is 57.3 Å². The van der Waals surface area contributed by atoms with Gasteiger partial charge >= 0.3 is 12.1 Å². The zero-order valence-electron chi connectivity index (χ0n) is 27.9. The maximum atomic E-state index is 13.7. The van der Waals surface area contributed by atoms with E-state index in [2.05, 4.69) is 17.2 Å². The Morgan fingerprint density at radius 3 is 2.26 bits per heavy atom. The van der Waals surface area contributed by atoms with Crippen LogP contribution in [0.3, 0.4) is 0 Å². The second kappa shape index (κ2) is 18.6. The zero-order valence-corrected chi connectivity index (χ0v) is 27.9. The summed E-state index contributed by atoms with van der Waals surface area (Å²) in [5, 5.41) is 12.0. The number of aromatic nitrogens is 1. The molecule has 13 nitrogen and oxygen atoms in total. The summed E-state index contributed by atoms with van der Waals surface area (Å²) in [6.07, 6.45) is 2.62. The van der Waals surface area contributed by atoms with Crippen molar-refractivity contribution < 1.29 is 33.8 Å². The molecule has 1 fully saturated rings. The minimum absolute atomic E-state index is 0.0693. The number of ether oxygens (including phenoxy) is 1. The average Bonchev–Trinajstić information content (AvgIpc) is 3.07. The predicted octanol–water partition coefficient (Wildman–Crippen LogP) is 3.21. The summed E-state index contributed by atoms with van der Waals surface area (Å²) in [4.78, 5) is 75.8. The van der Waals surface area contributed by atoms with Gasteiger partial charge in [0.05, 0.1) is 12.3 Å². The van der Waals surface area contributed by atoms with Crippen LogP contribution < -0.4 is 5.32 Å². The third kappa shape index (κ3) is 11.7. The van der Waals surface area contributed by atoms with Crippen molar-refractivity contribution in [2.24, 2.45) is 0 Å². The maximum absolute atomic E-state index is 13.7. The first kappa shape index (κ1) is 36.9. The third-order valence-corrected chi connectivity index (χ3v) is 7.89. The molecule has 1 aliphatic heterocycles. The number of carboxylic acid groups (broad SMARTS) is 1. The van der Waals surface area contributed by atoms with Gasteiger partial charge in [0.25, 0.3) is 11.8 Å². The number of carboxylic acids is 1. The van der Waals surface area contributed by atoms with E-state index in [1.54, 1.807) is 18.0 Å². The Bertz CT molecular complexity index is 1360. The van der Waals surface area contributed by atoms with Gasteiger partial charge < -0.3 is 34.8 Å².